The Balaban J connectivity index is 1.90. The van der Waals surface area contributed by atoms with Gasteiger partial charge in [0.15, 0.2) is 0 Å². The molecule has 5 nitrogen and oxygen atoms in total. The molecule has 1 aliphatic heterocycles. The van der Waals surface area contributed by atoms with E-state index in [4.69, 9.17) is 5.73 Å². The number of aliphatic hydroxyl groups is 1. The lowest BCUT2D eigenvalue weighted by Crippen LogP contribution is -2.49. The predicted octanol–water partition coefficient (Wildman–Crippen LogP) is -0.0717. The molecule has 3 N–H and O–H groups in total. The third-order valence-corrected chi connectivity index (χ3v) is 3.98. The topological polar surface area (TPSA) is 67.3 Å². The summed E-state index contributed by atoms with van der Waals surface area (Å²) in [6.07, 6.45) is 1.68. The largest absolute Gasteiger partial charge is 0.393 e. The highest BCUT2D eigenvalue weighted by Gasteiger charge is 2.46. The Morgan fingerprint density at radius 3 is 2.94 bits per heavy atom. The lowest BCUT2D eigenvalue weighted by molar-refractivity contribution is -0.0557. The van der Waals surface area contributed by atoms with Crippen LogP contribution in [0.15, 0.2) is 6.07 Å². The predicted molar refractivity (Wildman–Crippen MR) is 64.1 cm³/mol. The van der Waals surface area contributed by atoms with Crippen LogP contribution in [-0.2, 0) is 19.6 Å². The van der Waals surface area contributed by atoms with Crippen LogP contribution in [0.4, 0.5) is 0 Å². The second-order valence-electron chi connectivity index (χ2n) is 5.72. The van der Waals surface area contributed by atoms with Gasteiger partial charge in [0, 0.05) is 31.6 Å². The zero-order chi connectivity index (χ0) is 12.0. The van der Waals surface area contributed by atoms with Gasteiger partial charge in [-0.1, -0.05) is 0 Å². The summed E-state index contributed by atoms with van der Waals surface area (Å²) in [5.74, 6) is 0. The minimum Gasteiger partial charge on any atom is -0.393 e. The van der Waals surface area contributed by atoms with Crippen molar-refractivity contribution in [3.05, 3.63) is 17.5 Å². The van der Waals surface area contributed by atoms with Crippen LogP contribution in [-0.4, -0.2) is 39.5 Å². The summed E-state index contributed by atoms with van der Waals surface area (Å²) in [5, 5.41) is 14.1. The lowest BCUT2D eigenvalue weighted by Gasteiger charge is -2.46. The third kappa shape index (κ3) is 1.88. The highest BCUT2D eigenvalue weighted by atomic mass is 16.3. The zero-order valence-corrected chi connectivity index (χ0v) is 10.3. The first-order valence-corrected chi connectivity index (χ1v) is 6.22. The van der Waals surface area contributed by atoms with Crippen molar-refractivity contribution >= 4 is 0 Å². The Labute approximate surface area is 101 Å². The van der Waals surface area contributed by atoms with Crippen molar-refractivity contribution in [2.24, 2.45) is 11.1 Å². The van der Waals surface area contributed by atoms with E-state index in [1.165, 1.54) is 5.69 Å². The van der Waals surface area contributed by atoms with E-state index in [0.29, 0.717) is 6.54 Å². The SMILES string of the molecule is CN1Cc2cc(CN)nn2CC2(CC(O)C2)C1. The van der Waals surface area contributed by atoms with Crippen molar-refractivity contribution < 1.29 is 5.11 Å². The maximum atomic E-state index is 9.57. The molecule has 0 aromatic carbocycles. The number of rotatable bonds is 1. The van der Waals surface area contributed by atoms with Crippen LogP contribution in [0.5, 0.6) is 0 Å². The van der Waals surface area contributed by atoms with Gasteiger partial charge >= 0.3 is 0 Å². The van der Waals surface area contributed by atoms with E-state index in [2.05, 4.69) is 27.8 Å². The molecule has 1 aliphatic carbocycles. The molecule has 1 aromatic rings. The van der Waals surface area contributed by atoms with Crippen LogP contribution in [0.3, 0.4) is 0 Å². The monoisotopic (exact) mass is 236 g/mol. The van der Waals surface area contributed by atoms with Crippen LogP contribution >= 0.6 is 0 Å². The van der Waals surface area contributed by atoms with Crippen molar-refractivity contribution in [3.63, 3.8) is 0 Å². The fourth-order valence-corrected chi connectivity index (χ4v) is 3.35. The van der Waals surface area contributed by atoms with Gasteiger partial charge in [-0.15, -0.1) is 0 Å². The number of hydrogen-bond acceptors (Lipinski definition) is 4. The molecule has 5 heteroatoms. The number of nitrogens with two attached hydrogens (primary N) is 1. The number of fused-ring (bicyclic) bond motifs is 1. The van der Waals surface area contributed by atoms with E-state index in [1.807, 2.05) is 0 Å². The summed E-state index contributed by atoms with van der Waals surface area (Å²) in [6, 6.07) is 2.10. The van der Waals surface area contributed by atoms with E-state index in [0.717, 1.165) is 38.2 Å². The Hall–Kier alpha value is -0.910. The molecule has 0 radical (unpaired) electrons. The molecule has 2 aliphatic rings. The minimum atomic E-state index is -0.116. The summed E-state index contributed by atoms with van der Waals surface area (Å²) in [4.78, 5) is 2.33. The van der Waals surface area contributed by atoms with Gasteiger partial charge in [0.1, 0.15) is 0 Å². The first-order valence-electron chi connectivity index (χ1n) is 6.22. The molecular formula is C12H20N4O. The standard InChI is InChI=1S/C12H20N4O/c1-15-6-10-2-9(5-13)14-16(10)8-12(7-15)3-11(17)4-12/h2,11,17H,3-8,13H2,1H3. The molecule has 17 heavy (non-hydrogen) atoms. The lowest BCUT2D eigenvalue weighted by atomic mass is 9.66. The maximum absolute atomic E-state index is 9.57. The average molecular weight is 236 g/mol. The number of hydrogen-bond donors (Lipinski definition) is 2. The summed E-state index contributed by atoms with van der Waals surface area (Å²) >= 11 is 0. The van der Waals surface area contributed by atoms with Crippen molar-refractivity contribution in [2.75, 3.05) is 13.6 Å². The second-order valence-corrected chi connectivity index (χ2v) is 5.72. The van der Waals surface area contributed by atoms with Gasteiger partial charge in [0.2, 0.25) is 0 Å². The van der Waals surface area contributed by atoms with E-state index in [1.54, 1.807) is 0 Å². The molecule has 0 amide bonds. The quantitative estimate of drug-likeness (QED) is 0.716. The maximum Gasteiger partial charge on any atom is 0.0763 e. The molecule has 1 spiro atoms. The first-order chi connectivity index (χ1) is 8.10. The molecule has 1 aromatic heterocycles. The molecule has 0 unspecified atom stereocenters. The fraction of sp³-hybridized carbons (Fsp3) is 0.750. The molecule has 1 saturated carbocycles. The number of nitrogens with zero attached hydrogens (tertiary/aromatic N) is 3. The van der Waals surface area contributed by atoms with E-state index in [-0.39, 0.29) is 11.5 Å². The van der Waals surface area contributed by atoms with Gasteiger partial charge in [-0.05, 0) is 26.0 Å². The van der Waals surface area contributed by atoms with E-state index in [9.17, 15) is 5.11 Å². The normalized spacial score (nSPS) is 33.2. The van der Waals surface area contributed by atoms with Crippen LogP contribution < -0.4 is 5.73 Å². The average Bonchev–Trinajstić information content (AvgIpc) is 2.52. The zero-order valence-electron chi connectivity index (χ0n) is 10.3. The van der Waals surface area contributed by atoms with Gasteiger partial charge in [-0.2, -0.15) is 5.10 Å². The Morgan fingerprint density at radius 2 is 2.29 bits per heavy atom. The van der Waals surface area contributed by atoms with E-state index < -0.39 is 0 Å². The van der Waals surface area contributed by atoms with Gasteiger partial charge < -0.3 is 10.8 Å². The summed E-state index contributed by atoms with van der Waals surface area (Å²) in [5.41, 5.74) is 8.07. The Kier molecular flexibility index (Phi) is 2.50. The molecule has 0 bridgehead atoms. The minimum absolute atomic E-state index is 0.116. The molecule has 2 heterocycles. The summed E-state index contributed by atoms with van der Waals surface area (Å²) < 4.78 is 2.09. The molecule has 1 fully saturated rings. The fourth-order valence-electron chi connectivity index (χ4n) is 3.35. The third-order valence-electron chi connectivity index (χ3n) is 3.98. The van der Waals surface area contributed by atoms with E-state index >= 15 is 0 Å². The van der Waals surface area contributed by atoms with Gasteiger partial charge in [0.05, 0.1) is 17.5 Å². The van der Waals surface area contributed by atoms with Crippen molar-refractivity contribution in [1.82, 2.24) is 14.7 Å². The highest BCUT2D eigenvalue weighted by Crippen LogP contribution is 2.44. The van der Waals surface area contributed by atoms with Crippen LogP contribution in [0.25, 0.3) is 0 Å². The molecular weight excluding hydrogens is 216 g/mol. The molecule has 94 valence electrons. The molecule has 3 rings (SSSR count). The smallest absolute Gasteiger partial charge is 0.0763 e. The van der Waals surface area contributed by atoms with Crippen LogP contribution in [0.1, 0.15) is 24.2 Å². The second kappa shape index (κ2) is 3.80. The van der Waals surface area contributed by atoms with Crippen LogP contribution in [0, 0.1) is 5.41 Å². The van der Waals surface area contributed by atoms with Gasteiger partial charge in [-0.3, -0.25) is 9.58 Å². The molecule has 0 saturated heterocycles. The Morgan fingerprint density at radius 1 is 1.53 bits per heavy atom. The van der Waals surface area contributed by atoms with Gasteiger partial charge in [-0.25, -0.2) is 0 Å². The summed E-state index contributed by atoms with van der Waals surface area (Å²) in [6.45, 7) is 3.39. The summed E-state index contributed by atoms with van der Waals surface area (Å²) in [7, 11) is 2.14. The Bertz CT molecular complexity index is 422. The molecule has 0 atom stereocenters. The van der Waals surface area contributed by atoms with Crippen molar-refractivity contribution in [3.8, 4) is 0 Å². The van der Waals surface area contributed by atoms with Crippen LogP contribution in [0.2, 0.25) is 0 Å². The highest BCUT2D eigenvalue weighted by molar-refractivity contribution is 5.13. The van der Waals surface area contributed by atoms with Crippen molar-refractivity contribution in [1.29, 1.82) is 0 Å². The number of aliphatic hydroxyl groups excluding tert-OH is 1. The van der Waals surface area contributed by atoms with Gasteiger partial charge in [0.25, 0.3) is 0 Å². The number of aromatic nitrogens is 2. The first kappa shape index (κ1) is 11.2. The van der Waals surface area contributed by atoms with Crippen molar-refractivity contribution in [2.45, 2.75) is 38.6 Å².